The summed E-state index contributed by atoms with van der Waals surface area (Å²) in [6, 6.07) is 0. The van der Waals surface area contributed by atoms with Gasteiger partial charge in [-0.05, 0) is 11.8 Å². The molecule has 2 N–H and O–H groups in total. The van der Waals surface area contributed by atoms with E-state index in [1.54, 1.807) is 0 Å². The molecular weight excluding hydrogens is 247 g/mol. The van der Waals surface area contributed by atoms with Crippen LogP contribution in [0.2, 0.25) is 0 Å². The lowest BCUT2D eigenvalue weighted by Crippen LogP contribution is -2.30. The molecule has 0 bridgehead atoms. The van der Waals surface area contributed by atoms with E-state index in [2.05, 4.69) is 43.6 Å². The molecule has 0 aromatic carbocycles. The standard InChI is InChI=1S/C12H23BN2O2S/c1-12(2,3)5-4-10(16)14-6-8-17-9-7-15-11(13)18/h4-9H2,1-3H3,(H,14,16)(H,15,18). The van der Waals surface area contributed by atoms with E-state index < -0.39 is 0 Å². The van der Waals surface area contributed by atoms with Gasteiger partial charge in [0.2, 0.25) is 5.91 Å². The average Bonchev–Trinajstić information content (AvgIpc) is 2.23. The highest BCUT2D eigenvalue weighted by molar-refractivity contribution is 7.82. The monoisotopic (exact) mass is 270 g/mol. The Morgan fingerprint density at radius 2 is 1.78 bits per heavy atom. The summed E-state index contributed by atoms with van der Waals surface area (Å²) in [4.78, 5) is 11.7. The summed E-state index contributed by atoms with van der Waals surface area (Å²) in [7, 11) is 5.25. The maximum atomic E-state index is 11.5. The predicted molar refractivity (Wildman–Crippen MR) is 78.9 cm³/mol. The Hall–Kier alpha value is -0.615. The third-order valence-electron chi connectivity index (χ3n) is 2.22. The molecule has 0 spiro atoms. The number of carbonyl (C=O) groups excluding carboxylic acids is 1. The van der Waals surface area contributed by atoms with E-state index in [-0.39, 0.29) is 16.2 Å². The molecule has 0 fully saturated rings. The molecule has 0 aliphatic carbocycles. The van der Waals surface area contributed by atoms with Gasteiger partial charge in [0.25, 0.3) is 0 Å². The number of nitrogens with one attached hydrogen (secondary N) is 2. The Labute approximate surface area is 117 Å². The predicted octanol–water partition coefficient (Wildman–Crippen LogP) is 0.988. The van der Waals surface area contributed by atoms with E-state index in [0.29, 0.717) is 32.7 Å². The van der Waals surface area contributed by atoms with Crippen LogP contribution in [-0.4, -0.2) is 44.9 Å². The second kappa shape index (κ2) is 9.33. The minimum absolute atomic E-state index is 0.0785. The summed E-state index contributed by atoms with van der Waals surface area (Å²) >= 11 is 4.64. The van der Waals surface area contributed by atoms with Crippen molar-refractivity contribution in [3.63, 3.8) is 0 Å². The van der Waals surface area contributed by atoms with Crippen molar-refractivity contribution in [3.05, 3.63) is 0 Å². The number of hydrogen-bond acceptors (Lipinski definition) is 3. The van der Waals surface area contributed by atoms with Crippen molar-refractivity contribution in [1.29, 1.82) is 0 Å². The van der Waals surface area contributed by atoms with Crippen molar-refractivity contribution in [1.82, 2.24) is 10.6 Å². The first-order chi connectivity index (χ1) is 8.31. The number of hydrogen-bond donors (Lipinski definition) is 2. The largest absolute Gasteiger partial charge is 0.386 e. The van der Waals surface area contributed by atoms with Gasteiger partial charge in [-0.2, -0.15) is 0 Å². The van der Waals surface area contributed by atoms with Gasteiger partial charge in [-0.3, -0.25) is 4.79 Å². The summed E-state index contributed by atoms with van der Waals surface area (Å²) in [5, 5.41) is 5.60. The van der Waals surface area contributed by atoms with Crippen LogP contribution >= 0.6 is 12.2 Å². The fourth-order valence-corrected chi connectivity index (χ4v) is 1.29. The molecule has 4 nitrogen and oxygen atoms in total. The van der Waals surface area contributed by atoms with Gasteiger partial charge in [-0.25, -0.2) is 0 Å². The van der Waals surface area contributed by atoms with Crippen LogP contribution in [0.25, 0.3) is 0 Å². The minimum Gasteiger partial charge on any atom is -0.386 e. The maximum absolute atomic E-state index is 11.5. The van der Waals surface area contributed by atoms with E-state index in [9.17, 15) is 4.79 Å². The molecule has 0 heterocycles. The van der Waals surface area contributed by atoms with Gasteiger partial charge < -0.3 is 15.4 Å². The van der Waals surface area contributed by atoms with Crippen molar-refractivity contribution < 1.29 is 9.53 Å². The molecule has 0 saturated heterocycles. The molecule has 2 radical (unpaired) electrons. The van der Waals surface area contributed by atoms with Crippen LogP contribution in [0.1, 0.15) is 33.6 Å². The molecule has 0 rings (SSSR count). The Morgan fingerprint density at radius 1 is 1.22 bits per heavy atom. The smallest absolute Gasteiger partial charge is 0.220 e. The highest BCUT2D eigenvalue weighted by Gasteiger charge is 2.12. The summed E-state index contributed by atoms with van der Waals surface area (Å²) < 4.78 is 5.29. The van der Waals surface area contributed by atoms with Crippen LogP contribution in [0.3, 0.4) is 0 Å². The van der Waals surface area contributed by atoms with Crippen LogP contribution in [0, 0.1) is 5.41 Å². The lowest BCUT2D eigenvalue weighted by molar-refractivity contribution is -0.121. The number of thiocarbonyl (C=S) groups is 1. The molecular formula is C12H23BN2O2S. The van der Waals surface area contributed by atoms with E-state index in [0.717, 1.165) is 6.42 Å². The summed E-state index contributed by atoms with van der Waals surface area (Å²) in [5.74, 6) is 0.0785. The number of amides is 1. The van der Waals surface area contributed by atoms with Gasteiger partial charge in [0.1, 0.15) is 0 Å². The van der Waals surface area contributed by atoms with Crippen LogP contribution < -0.4 is 10.6 Å². The van der Waals surface area contributed by atoms with E-state index >= 15 is 0 Å². The fourth-order valence-electron chi connectivity index (χ4n) is 1.19. The molecule has 0 atom stereocenters. The zero-order valence-electron chi connectivity index (χ0n) is 11.5. The van der Waals surface area contributed by atoms with Gasteiger partial charge >= 0.3 is 0 Å². The first kappa shape index (κ1) is 17.4. The molecule has 0 aromatic rings. The first-order valence-electron chi connectivity index (χ1n) is 6.19. The molecule has 1 amide bonds. The van der Waals surface area contributed by atoms with E-state index in [1.165, 1.54) is 0 Å². The van der Waals surface area contributed by atoms with Gasteiger partial charge in [-0.1, -0.05) is 33.0 Å². The maximum Gasteiger partial charge on any atom is 0.220 e. The first-order valence-corrected chi connectivity index (χ1v) is 6.60. The number of rotatable bonds is 8. The quantitative estimate of drug-likeness (QED) is 0.392. The Balaban J connectivity index is 3.33. The molecule has 0 aliphatic rings. The van der Waals surface area contributed by atoms with Crippen LogP contribution in [0.5, 0.6) is 0 Å². The van der Waals surface area contributed by atoms with E-state index in [4.69, 9.17) is 12.6 Å². The Kier molecular flexibility index (Phi) is 9.01. The zero-order valence-corrected chi connectivity index (χ0v) is 12.4. The highest BCUT2D eigenvalue weighted by Crippen LogP contribution is 2.19. The Morgan fingerprint density at radius 3 is 2.28 bits per heavy atom. The third kappa shape index (κ3) is 13.4. The normalized spacial score (nSPS) is 11.1. The van der Waals surface area contributed by atoms with Crippen molar-refractivity contribution >= 4 is 30.9 Å². The highest BCUT2D eigenvalue weighted by atomic mass is 32.1. The van der Waals surface area contributed by atoms with Crippen LogP contribution in [0.4, 0.5) is 0 Å². The second-order valence-corrected chi connectivity index (χ2v) is 5.75. The molecule has 0 unspecified atom stereocenters. The summed E-state index contributed by atoms with van der Waals surface area (Å²) in [6.45, 7) is 8.52. The molecule has 102 valence electrons. The second-order valence-electron chi connectivity index (χ2n) is 5.31. The SMILES string of the molecule is [B]C(=S)NCCOCCNC(=O)CCC(C)(C)C. The Bertz CT molecular complexity index is 267. The topological polar surface area (TPSA) is 50.4 Å². The molecule has 6 heteroatoms. The molecule has 0 saturated carbocycles. The molecule has 0 aliphatic heterocycles. The van der Waals surface area contributed by atoms with Gasteiger partial charge in [0.05, 0.1) is 13.2 Å². The fraction of sp³-hybridized carbons (Fsp3) is 0.833. The van der Waals surface area contributed by atoms with Gasteiger partial charge in [0.15, 0.2) is 7.85 Å². The lowest BCUT2D eigenvalue weighted by atomic mass is 9.90. The third-order valence-corrected chi connectivity index (χ3v) is 2.36. The minimum atomic E-state index is 0.0785. The lowest BCUT2D eigenvalue weighted by Gasteiger charge is -2.17. The van der Waals surface area contributed by atoms with Crippen molar-refractivity contribution in [2.45, 2.75) is 33.6 Å². The van der Waals surface area contributed by atoms with Gasteiger partial charge in [0, 0.05) is 24.4 Å². The van der Waals surface area contributed by atoms with Crippen molar-refractivity contribution in [2.24, 2.45) is 5.41 Å². The number of carbonyl (C=O) groups is 1. The summed E-state index contributed by atoms with van der Waals surface area (Å²) in [5.41, 5.74) is 0.195. The van der Waals surface area contributed by atoms with Gasteiger partial charge in [-0.15, -0.1) is 0 Å². The summed E-state index contributed by atoms with van der Waals surface area (Å²) in [6.07, 6.45) is 1.45. The molecule has 0 aromatic heterocycles. The van der Waals surface area contributed by atoms with Crippen molar-refractivity contribution in [2.75, 3.05) is 26.3 Å². The van der Waals surface area contributed by atoms with Crippen LogP contribution in [0.15, 0.2) is 0 Å². The zero-order chi connectivity index (χ0) is 14.0. The van der Waals surface area contributed by atoms with Crippen molar-refractivity contribution in [3.8, 4) is 0 Å². The van der Waals surface area contributed by atoms with Crippen LogP contribution in [-0.2, 0) is 9.53 Å². The molecule has 18 heavy (non-hydrogen) atoms. The van der Waals surface area contributed by atoms with E-state index in [1.807, 2.05) is 0 Å². The average molecular weight is 270 g/mol. The number of ether oxygens (including phenoxy) is 1.